The van der Waals surface area contributed by atoms with Crippen molar-refractivity contribution in [1.82, 2.24) is 0 Å². The summed E-state index contributed by atoms with van der Waals surface area (Å²) in [4.78, 5) is -0.331. The molecule has 3 aromatic carbocycles. The van der Waals surface area contributed by atoms with Gasteiger partial charge >= 0.3 is 6.18 Å². The maximum absolute atomic E-state index is 13.1. The maximum Gasteiger partial charge on any atom is 0.416 e. The van der Waals surface area contributed by atoms with Crippen molar-refractivity contribution in [2.24, 2.45) is 10.2 Å². The van der Waals surface area contributed by atoms with Gasteiger partial charge in [0.2, 0.25) is 9.84 Å². The maximum atomic E-state index is 13.1. The first-order chi connectivity index (χ1) is 13.6. The second kappa shape index (κ2) is 7.79. The Morgan fingerprint density at radius 2 is 1.48 bits per heavy atom. The zero-order valence-corrected chi connectivity index (χ0v) is 16.4. The lowest BCUT2D eigenvalue weighted by Gasteiger charge is -2.12. The molecule has 4 nitrogen and oxygen atoms in total. The van der Waals surface area contributed by atoms with Crippen molar-refractivity contribution in [3.05, 3.63) is 83.4 Å². The third-order valence-corrected chi connectivity index (χ3v) is 6.19. The molecular formula is C21H17F3N2O2S. The first-order valence-electron chi connectivity index (χ1n) is 8.59. The second-order valence-electron chi connectivity index (χ2n) is 6.49. The summed E-state index contributed by atoms with van der Waals surface area (Å²) in [6.07, 6.45) is -4.54. The fraction of sp³-hybridized carbons (Fsp3) is 0.143. The van der Waals surface area contributed by atoms with Gasteiger partial charge in [-0.15, -0.1) is 5.11 Å². The molecule has 0 amide bonds. The van der Waals surface area contributed by atoms with E-state index in [1.54, 1.807) is 37.3 Å². The summed E-state index contributed by atoms with van der Waals surface area (Å²) < 4.78 is 64.6. The van der Waals surface area contributed by atoms with E-state index in [9.17, 15) is 21.6 Å². The van der Waals surface area contributed by atoms with Crippen molar-refractivity contribution in [3.63, 3.8) is 0 Å². The van der Waals surface area contributed by atoms with Crippen molar-refractivity contribution in [3.8, 4) is 0 Å². The van der Waals surface area contributed by atoms with Crippen LogP contribution in [0.1, 0.15) is 16.7 Å². The van der Waals surface area contributed by atoms with Crippen LogP contribution in [-0.2, 0) is 16.0 Å². The summed E-state index contributed by atoms with van der Waals surface area (Å²) in [7, 11) is -4.10. The highest BCUT2D eigenvalue weighted by molar-refractivity contribution is 7.91. The number of alkyl halides is 3. The largest absolute Gasteiger partial charge is 0.416 e. The van der Waals surface area contributed by atoms with Gasteiger partial charge in [0, 0.05) is 0 Å². The van der Waals surface area contributed by atoms with Crippen LogP contribution in [0.3, 0.4) is 0 Å². The van der Waals surface area contributed by atoms with Crippen molar-refractivity contribution in [2.75, 3.05) is 0 Å². The topological polar surface area (TPSA) is 58.9 Å². The Balaban J connectivity index is 2.06. The number of aryl methyl sites for hydroxylation is 2. The molecule has 3 rings (SSSR count). The predicted octanol–water partition coefficient (Wildman–Crippen LogP) is 6.57. The van der Waals surface area contributed by atoms with E-state index in [0.717, 1.165) is 29.8 Å². The molecule has 150 valence electrons. The molecule has 0 aliphatic heterocycles. The van der Waals surface area contributed by atoms with Gasteiger partial charge in [-0.3, -0.25) is 0 Å². The van der Waals surface area contributed by atoms with Crippen LogP contribution in [-0.4, -0.2) is 8.42 Å². The van der Waals surface area contributed by atoms with Crippen molar-refractivity contribution in [1.29, 1.82) is 0 Å². The monoisotopic (exact) mass is 418 g/mol. The number of azo groups is 1. The lowest BCUT2D eigenvalue weighted by molar-refractivity contribution is -0.137. The number of hydrogen-bond donors (Lipinski definition) is 0. The van der Waals surface area contributed by atoms with E-state index in [0.29, 0.717) is 11.3 Å². The van der Waals surface area contributed by atoms with E-state index in [4.69, 9.17) is 0 Å². The summed E-state index contributed by atoms with van der Waals surface area (Å²) in [6.45, 7) is 3.49. The lowest BCUT2D eigenvalue weighted by atomic mass is 10.2. The van der Waals surface area contributed by atoms with Gasteiger partial charge in [0.1, 0.15) is 10.6 Å². The van der Waals surface area contributed by atoms with E-state index in [2.05, 4.69) is 10.2 Å². The van der Waals surface area contributed by atoms with E-state index in [1.165, 1.54) is 6.07 Å². The molecule has 0 aliphatic carbocycles. The highest BCUT2D eigenvalue weighted by Crippen LogP contribution is 2.35. The van der Waals surface area contributed by atoms with Crippen LogP contribution in [0.15, 0.2) is 86.7 Å². The number of benzene rings is 3. The number of rotatable bonds is 4. The van der Waals surface area contributed by atoms with Gasteiger partial charge in [-0.05, 0) is 67.4 Å². The Bertz CT molecular complexity index is 1170. The minimum Gasteiger partial charge on any atom is -0.218 e. The molecule has 0 spiro atoms. The number of hydrogen-bond acceptors (Lipinski definition) is 4. The van der Waals surface area contributed by atoms with Gasteiger partial charge < -0.3 is 0 Å². The standard InChI is InChI=1S/C21H17F3N2O2S/c1-14-5-3-7-17(13-14)25-26-19-8-4-6-15(2)20(19)29(27,28)18-11-9-16(10-12-18)21(22,23)24/h3-13H,1-2H3. The number of halogens is 3. The van der Waals surface area contributed by atoms with Gasteiger partial charge in [0.25, 0.3) is 0 Å². The molecule has 0 saturated heterocycles. The summed E-state index contributed by atoms with van der Waals surface area (Å²) in [5.74, 6) is 0. The average molecular weight is 418 g/mol. The molecular weight excluding hydrogens is 401 g/mol. The third kappa shape index (κ3) is 4.54. The molecule has 0 heterocycles. The molecule has 0 aliphatic rings. The molecule has 0 aromatic heterocycles. The minimum atomic E-state index is -4.54. The van der Waals surface area contributed by atoms with E-state index in [-0.39, 0.29) is 15.5 Å². The fourth-order valence-corrected chi connectivity index (χ4v) is 4.41. The highest BCUT2D eigenvalue weighted by atomic mass is 32.2. The first kappa shape index (κ1) is 20.7. The quantitative estimate of drug-likeness (QED) is 0.450. The van der Waals surface area contributed by atoms with Crippen molar-refractivity contribution < 1.29 is 21.6 Å². The Kier molecular flexibility index (Phi) is 5.57. The van der Waals surface area contributed by atoms with Crippen LogP contribution in [0, 0.1) is 13.8 Å². The summed E-state index contributed by atoms with van der Waals surface area (Å²) in [5.41, 5.74) is 1.16. The van der Waals surface area contributed by atoms with Gasteiger partial charge in [-0.2, -0.15) is 18.3 Å². The van der Waals surface area contributed by atoms with Crippen LogP contribution >= 0.6 is 0 Å². The first-order valence-corrected chi connectivity index (χ1v) is 10.1. The van der Waals surface area contributed by atoms with E-state index < -0.39 is 21.6 Å². The van der Waals surface area contributed by atoms with Crippen LogP contribution in [0.5, 0.6) is 0 Å². The highest BCUT2D eigenvalue weighted by Gasteiger charge is 2.31. The van der Waals surface area contributed by atoms with Gasteiger partial charge in [-0.1, -0.05) is 24.3 Å². The Morgan fingerprint density at radius 3 is 2.10 bits per heavy atom. The molecule has 0 radical (unpaired) electrons. The molecule has 0 saturated carbocycles. The molecule has 0 bridgehead atoms. The molecule has 0 fully saturated rings. The summed E-state index contributed by atoms with van der Waals surface area (Å²) in [5, 5.41) is 8.20. The zero-order chi connectivity index (χ0) is 21.2. The molecule has 0 unspecified atom stereocenters. The SMILES string of the molecule is Cc1cccc(N=Nc2cccc(C)c2S(=O)(=O)c2ccc(C(F)(F)F)cc2)c1. The molecule has 3 aromatic rings. The number of sulfone groups is 1. The van der Waals surface area contributed by atoms with Crippen molar-refractivity contribution >= 4 is 21.2 Å². The van der Waals surface area contributed by atoms with Gasteiger partial charge in [-0.25, -0.2) is 8.42 Å². The Morgan fingerprint density at radius 1 is 0.828 bits per heavy atom. The lowest BCUT2D eigenvalue weighted by Crippen LogP contribution is -2.07. The van der Waals surface area contributed by atoms with Crippen molar-refractivity contribution in [2.45, 2.75) is 29.8 Å². The molecule has 0 N–H and O–H groups in total. The molecule has 29 heavy (non-hydrogen) atoms. The molecule has 0 atom stereocenters. The van der Waals surface area contributed by atoms with E-state index in [1.807, 2.05) is 13.0 Å². The normalized spacial score (nSPS) is 12.4. The van der Waals surface area contributed by atoms with Gasteiger partial charge in [0.05, 0.1) is 16.1 Å². The Hall–Kier alpha value is -3.00. The van der Waals surface area contributed by atoms with Gasteiger partial charge in [0.15, 0.2) is 0 Å². The summed E-state index contributed by atoms with van der Waals surface area (Å²) in [6, 6.07) is 15.4. The van der Waals surface area contributed by atoms with Crippen LogP contribution in [0.2, 0.25) is 0 Å². The third-order valence-electron chi connectivity index (χ3n) is 4.23. The fourth-order valence-electron chi connectivity index (χ4n) is 2.81. The van der Waals surface area contributed by atoms with E-state index >= 15 is 0 Å². The average Bonchev–Trinajstić information content (AvgIpc) is 2.65. The molecule has 8 heteroatoms. The summed E-state index contributed by atoms with van der Waals surface area (Å²) >= 11 is 0. The van der Waals surface area contributed by atoms with Crippen LogP contribution in [0.25, 0.3) is 0 Å². The zero-order valence-electron chi connectivity index (χ0n) is 15.6. The number of nitrogens with zero attached hydrogens (tertiary/aromatic N) is 2. The van der Waals surface area contributed by atoms with Crippen LogP contribution in [0.4, 0.5) is 24.5 Å². The van der Waals surface area contributed by atoms with Crippen LogP contribution < -0.4 is 0 Å². The minimum absolute atomic E-state index is 0.0869. The Labute approximate surface area is 166 Å². The second-order valence-corrected chi connectivity index (χ2v) is 8.37. The predicted molar refractivity (Wildman–Crippen MR) is 103 cm³/mol. The smallest absolute Gasteiger partial charge is 0.218 e.